The number of carbonyl (C=O) groups excluding carboxylic acids is 1. The summed E-state index contributed by atoms with van der Waals surface area (Å²) in [6.45, 7) is 2.50. The van der Waals surface area contributed by atoms with Crippen molar-refractivity contribution in [2.45, 2.75) is 30.6 Å². The van der Waals surface area contributed by atoms with Gasteiger partial charge < -0.3 is 10.2 Å². The number of carbonyl (C=O) groups is 1. The second-order valence-electron chi connectivity index (χ2n) is 7.38. The van der Waals surface area contributed by atoms with E-state index in [2.05, 4.69) is 22.3 Å². The Balaban J connectivity index is 1.52. The number of benzene rings is 2. The molecule has 1 amide bonds. The highest BCUT2D eigenvalue weighted by Gasteiger charge is 2.32. The van der Waals surface area contributed by atoms with E-state index in [1.165, 1.54) is 17.1 Å². The van der Waals surface area contributed by atoms with Crippen molar-refractivity contribution in [3.05, 3.63) is 47.5 Å². The fourth-order valence-electron chi connectivity index (χ4n) is 4.25. The first-order chi connectivity index (χ1) is 13.0. The van der Waals surface area contributed by atoms with Gasteiger partial charge in [0.2, 0.25) is 5.91 Å². The summed E-state index contributed by atoms with van der Waals surface area (Å²) >= 11 is 0. The number of hydrogen-bond donors (Lipinski definition) is 1. The smallest absolute Gasteiger partial charge is 0.264 e. The molecule has 0 saturated carbocycles. The molecule has 1 N–H and O–H groups in total. The highest BCUT2D eigenvalue weighted by Crippen LogP contribution is 2.37. The molecule has 0 bridgehead atoms. The zero-order valence-corrected chi connectivity index (χ0v) is 15.8. The van der Waals surface area contributed by atoms with Crippen LogP contribution < -0.4 is 14.5 Å². The van der Waals surface area contributed by atoms with E-state index in [0.717, 1.165) is 42.0 Å². The zero-order chi connectivity index (χ0) is 18.6. The van der Waals surface area contributed by atoms with E-state index in [9.17, 15) is 13.2 Å². The third-order valence-electron chi connectivity index (χ3n) is 5.68. The molecule has 5 rings (SSSR count). The molecule has 27 heavy (non-hydrogen) atoms. The molecule has 0 spiro atoms. The summed E-state index contributed by atoms with van der Waals surface area (Å²) in [7, 11) is -3.66. The van der Waals surface area contributed by atoms with E-state index in [1.807, 2.05) is 6.07 Å². The number of sulfonamides is 1. The van der Waals surface area contributed by atoms with Crippen LogP contribution in [0.4, 0.5) is 17.1 Å². The number of nitrogens with zero attached hydrogens (tertiary/aromatic N) is 2. The molecule has 1 saturated heterocycles. The van der Waals surface area contributed by atoms with Gasteiger partial charge >= 0.3 is 0 Å². The van der Waals surface area contributed by atoms with Crippen LogP contribution in [0.15, 0.2) is 41.3 Å². The van der Waals surface area contributed by atoms with Gasteiger partial charge in [-0.05, 0) is 60.7 Å². The average Bonchev–Trinajstić information content (AvgIpc) is 3.38. The average molecular weight is 383 g/mol. The SMILES string of the molecule is O=C1Cc2cc(S(=O)(=O)N3CCc4ccc(N5CCCC5)cc43)ccc2N1. The molecule has 0 atom stereocenters. The zero-order valence-electron chi connectivity index (χ0n) is 14.9. The van der Waals surface area contributed by atoms with Crippen LogP contribution in [0.2, 0.25) is 0 Å². The second-order valence-corrected chi connectivity index (χ2v) is 9.24. The Bertz CT molecular complexity index is 1040. The molecule has 3 heterocycles. The van der Waals surface area contributed by atoms with Crippen molar-refractivity contribution < 1.29 is 13.2 Å². The van der Waals surface area contributed by atoms with Crippen LogP contribution in [0.1, 0.15) is 24.0 Å². The molecule has 1 fully saturated rings. The van der Waals surface area contributed by atoms with Crippen molar-refractivity contribution in [1.82, 2.24) is 0 Å². The summed E-state index contributed by atoms with van der Waals surface area (Å²) < 4.78 is 28.2. The summed E-state index contributed by atoms with van der Waals surface area (Å²) in [6, 6.07) is 11.1. The van der Waals surface area contributed by atoms with E-state index in [-0.39, 0.29) is 17.2 Å². The van der Waals surface area contributed by atoms with Crippen LogP contribution in [0.5, 0.6) is 0 Å². The van der Waals surface area contributed by atoms with Gasteiger partial charge in [-0.15, -0.1) is 0 Å². The molecule has 6 nitrogen and oxygen atoms in total. The molecule has 3 aliphatic heterocycles. The highest BCUT2D eigenvalue weighted by molar-refractivity contribution is 7.92. The van der Waals surface area contributed by atoms with Gasteiger partial charge in [-0.25, -0.2) is 8.42 Å². The summed E-state index contributed by atoms with van der Waals surface area (Å²) in [4.78, 5) is 14.1. The number of anilines is 3. The predicted octanol–water partition coefficient (Wildman–Crippen LogP) is 2.53. The molecule has 0 unspecified atom stereocenters. The summed E-state index contributed by atoms with van der Waals surface area (Å²) in [6.07, 6.45) is 3.32. The first-order valence-electron chi connectivity index (χ1n) is 9.36. The molecule has 140 valence electrons. The van der Waals surface area contributed by atoms with Crippen molar-refractivity contribution in [3.8, 4) is 0 Å². The van der Waals surface area contributed by atoms with Gasteiger partial charge in [0.1, 0.15) is 0 Å². The Hall–Kier alpha value is -2.54. The lowest BCUT2D eigenvalue weighted by atomic mass is 10.1. The minimum Gasteiger partial charge on any atom is -0.371 e. The molecule has 0 radical (unpaired) electrons. The first-order valence-corrected chi connectivity index (χ1v) is 10.8. The van der Waals surface area contributed by atoms with Crippen molar-refractivity contribution >= 4 is 33.0 Å². The van der Waals surface area contributed by atoms with Crippen molar-refractivity contribution in [1.29, 1.82) is 0 Å². The van der Waals surface area contributed by atoms with Crippen molar-refractivity contribution in [2.75, 3.05) is 34.2 Å². The van der Waals surface area contributed by atoms with Gasteiger partial charge in [-0.2, -0.15) is 0 Å². The second kappa shape index (κ2) is 5.99. The molecule has 2 aromatic rings. The summed E-state index contributed by atoms with van der Waals surface area (Å²) in [5.74, 6) is -0.0960. The predicted molar refractivity (Wildman–Crippen MR) is 105 cm³/mol. The van der Waals surface area contributed by atoms with Crippen LogP contribution in [0.3, 0.4) is 0 Å². The molecule has 0 aliphatic carbocycles. The minimum absolute atomic E-state index is 0.0960. The number of hydrogen-bond acceptors (Lipinski definition) is 4. The standard InChI is InChI=1S/C20H21N3O3S/c24-20-12-15-11-17(5-6-18(15)21-20)27(25,26)23-10-7-14-3-4-16(13-19(14)23)22-8-1-2-9-22/h3-6,11,13H,1-2,7-10,12H2,(H,21,24). The third-order valence-corrected chi connectivity index (χ3v) is 7.49. The van der Waals surface area contributed by atoms with Crippen molar-refractivity contribution in [2.24, 2.45) is 0 Å². The maximum Gasteiger partial charge on any atom is 0.264 e. The van der Waals surface area contributed by atoms with Gasteiger partial charge in [0.15, 0.2) is 0 Å². The lowest BCUT2D eigenvalue weighted by Gasteiger charge is -2.23. The van der Waals surface area contributed by atoms with Crippen LogP contribution in [0.25, 0.3) is 0 Å². The Kier molecular flexibility index (Phi) is 3.69. The number of fused-ring (bicyclic) bond motifs is 2. The lowest BCUT2D eigenvalue weighted by molar-refractivity contribution is -0.115. The van der Waals surface area contributed by atoms with E-state index in [4.69, 9.17) is 0 Å². The summed E-state index contributed by atoms with van der Waals surface area (Å²) in [5.41, 5.74) is 4.40. The van der Waals surface area contributed by atoms with Crippen LogP contribution >= 0.6 is 0 Å². The van der Waals surface area contributed by atoms with E-state index < -0.39 is 10.0 Å². The minimum atomic E-state index is -3.66. The number of nitrogens with one attached hydrogen (secondary N) is 1. The molecule has 0 aromatic heterocycles. The maximum absolute atomic E-state index is 13.3. The van der Waals surface area contributed by atoms with Crippen molar-refractivity contribution in [3.63, 3.8) is 0 Å². The molecular formula is C20H21N3O3S. The Morgan fingerprint density at radius 1 is 0.926 bits per heavy atom. The van der Waals surface area contributed by atoms with Gasteiger partial charge in [0, 0.05) is 31.0 Å². The fraction of sp³-hybridized carbons (Fsp3) is 0.350. The quantitative estimate of drug-likeness (QED) is 0.884. The summed E-state index contributed by atoms with van der Waals surface area (Å²) in [5, 5.41) is 2.75. The molecular weight excluding hydrogens is 362 g/mol. The highest BCUT2D eigenvalue weighted by atomic mass is 32.2. The van der Waals surface area contributed by atoms with Gasteiger partial charge in [0.05, 0.1) is 17.0 Å². The number of amides is 1. The first kappa shape index (κ1) is 16.6. The van der Waals surface area contributed by atoms with Crippen LogP contribution in [-0.2, 0) is 27.7 Å². The molecule has 2 aromatic carbocycles. The van der Waals surface area contributed by atoms with E-state index >= 15 is 0 Å². The van der Waals surface area contributed by atoms with Crippen LogP contribution in [0, 0.1) is 0 Å². The molecule has 3 aliphatic rings. The van der Waals surface area contributed by atoms with E-state index in [0.29, 0.717) is 12.2 Å². The Labute approximate surface area is 158 Å². The van der Waals surface area contributed by atoms with Gasteiger partial charge in [-0.1, -0.05) is 6.07 Å². The Morgan fingerprint density at radius 2 is 1.74 bits per heavy atom. The largest absolute Gasteiger partial charge is 0.371 e. The third kappa shape index (κ3) is 2.68. The molecule has 7 heteroatoms. The monoisotopic (exact) mass is 383 g/mol. The van der Waals surface area contributed by atoms with E-state index in [1.54, 1.807) is 18.2 Å². The van der Waals surface area contributed by atoms with Crippen LogP contribution in [-0.4, -0.2) is 34.0 Å². The topological polar surface area (TPSA) is 69.7 Å². The van der Waals surface area contributed by atoms with Gasteiger partial charge in [0.25, 0.3) is 10.0 Å². The van der Waals surface area contributed by atoms with Gasteiger partial charge in [-0.3, -0.25) is 9.10 Å². The maximum atomic E-state index is 13.3. The normalized spacial score (nSPS) is 18.6. The fourth-order valence-corrected chi connectivity index (χ4v) is 5.80. The number of rotatable bonds is 3. The lowest BCUT2D eigenvalue weighted by Crippen LogP contribution is -2.29. The Morgan fingerprint density at radius 3 is 2.56 bits per heavy atom.